The van der Waals surface area contributed by atoms with Crippen LogP contribution in [0.3, 0.4) is 0 Å². The predicted octanol–water partition coefficient (Wildman–Crippen LogP) is 1.72. The second kappa shape index (κ2) is 12.3. The molecule has 0 aliphatic heterocycles. The van der Waals surface area contributed by atoms with E-state index in [2.05, 4.69) is 10.6 Å². The Bertz CT molecular complexity index is 663. The summed E-state index contributed by atoms with van der Waals surface area (Å²) in [6.07, 6.45) is -0.0542. The van der Waals surface area contributed by atoms with Crippen LogP contribution in [0.1, 0.15) is 32.8 Å². The van der Waals surface area contributed by atoms with Crippen molar-refractivity contribution >= 4 is 24.0 Å². The largest absolute Gasteiger partial charge is 0.454 e. The highest BCUT2D eigenvalue weighted by atomic mass is 16.6. The molecule has 0 spiro atoms. The average molecular weight is 393 g/mol. The van der Waals surface area contributed by atoms with Crippen molar-refractivity contribution in [3.63, 3.8) is 0 Å². The molecule has 1 rings (SSSR count). The molecule has 0 heterocycles. The van der Waals surface area contributed by atoms with Crippen molar-refractivity contribution < 1.29 is 28.7 Å². The fourth-order valence-corrected chi connectivity index (χ4v) is 2.06. The van der Waals surface area contributed by atoms with Gasteiger partial charge in [0, 0.05) is 6.54 Å². The molecule has 0 saturated carbocycles. The third kappa shape index (κ3) is 9.02. The first-order valence-electron chi connectivity index (χ1n) is 9.05. The van der Waals surface area contributed by atoms with E-state index >= 15 is 0 Å². The van der Waals surface area contributed by atoms with Gasteiger partial charge in [-0.2, -0.15) is 0 Å². The topological polar surface area (TPSA) is 123 Å². The number of rotatable bonds is 9. The van der Waals surface area contributed by atoms with Crippen molar-refractivity contribution in [3.05, 3.63) is 35.9 Å². The van der Waals surface area contributed by atoms with Crippen LogP contribution in [0.5, 0.6) is 0 Å². The molecule has 154 valence electrons. The molecule has 0 radical (unpaired) electrons. The first kappa shape index (κ1) is 22.9. The monoisotopic (exact) mass is 393 g/mol. The van der Waals surface area contributed by atoms with Gasteiger partial charge in [0.05, 0.1) is 0 Å². The number of carbonyl (C=O) groups excluding carboxylic acids is 4. The fraction of sp³-hybridized carbons (Fsp3) is 0.474. The summed E-state index contributed by atoms with van der Waals surface area (Å²) in [6.45, 7) is 5.13. The van der Waals surface area contributed by atoms with E-state index in [4.69, 9.17) is 9.47 Å². The second-order valence-corrected chi connectivity index (χ2v) is 6.34. The smallest absolute Gasteiger partial charge is 0.408 e. The Hall–Kier alpha value is -3.10. The third-order valence-electron chi connectivity index (χ3n) is 3.54. The van der Waals surface area contributed by atoms with E-state index in [0.29, 0.717) is 6.54 Å². The molecule has 28 heavy (non-hydrogen) atoms. The number of alkyl carbamates (subject to hydrolysis) is 1. The van der Waals surface area contributed by atoms with Crippen LogP contribution in [0.25, 0.3) is 0 Å². The minimum absolute atomic E-state index is 0.0574. The number of hydrogen-bond donors (Lipinski definition) is 3. The van der Waals surface area contributed by atoms with Gasteiger partial charge in [0.2, 0.25) is 0 Å². The molecule has 9 nitrogen and oxygen atoms in total. The molecule has 3 N–H and O–H groups in total. The second-order valence-electron chi connectivity index (χ2n) is 6.34. The molecular weight excluding hydrogens is 366 g/mol. The lowest BCUT2D eigenvalue weighted by Crippen LogP contribution is -2.47. The Morgan fingerprint density at radius 2 is 1.71 bits per heavy atom. The lowest BCUT2D eigenvalue weighted by molar-refractivity contribution is -0.151. The zero-order valence-corrected chi connectivity index (χ0v) is 16.3. The summed E-state index contributed by atoms with van der Waals surface area (Å²) in [6, 6.07) is 7.43. The number of amides is 4. The molecular formula is C19H27N3O6. The predicted molar refractivity (Wildman–Crippen MR) is 101 cm³/mol. The maximum absolute atomic E-state index is 12.2. The summed E-state index contributed by atoms with van der Waals surface area (Å²) in [4.78, 5) is 47.1. The molecule has 1 atom stereocenters. The van der Waals surface area contributed by atoms with Crippen molar-refractivity contribution in [2.75, 3.05) is 13.2 Å². The summed E-state index contributed by atoms with van der Waals surface area (Å²) in [5, 5.41) is 6.93. The minimum atomic E-state index is -0.995. The lowest BCUT2D eigenvalue weighted by atomic mass is 10.1. The molecule has 0 aromatic heterocycles. The molecule has 0 saturated heterocycles. The summed E-state index contributed by atoms with van der Waals surface area (Å²) < 4.78 is 9.98. The zero-order valence-electron chi connectivity index (χ0n) is 16.3. The van der Waals surface area contributed by atoms with Crippen LogP contribution in [-0.4, -0.2) is 43.2 Å². The van der Waals surface area contributed by atoms with Gasteiger partial charge in [0.1, 0.15) is 12.6 Å². The summed E-state index contributed by atoms with van der Waals surface area (Å²) in [5.41, 5.74) is 0.805. The number of benzene rings is 1. The number of ether oxygens (including phenoxy) is 2. The summed E-state index contributed by atoms with van der Waals surface area (Å²) in [7, 11) is 0. The summed E-state index contributed by atoms with van der Waals surface area (Å²) in [5.74, 6) is -1.86. The fourth-order valence-electron chi connectivity index (χ4n) is 2.06. The van der Waals surface area contributed by atoms with E-state index in [-0.39, 0.29) is 12.5 Å². The van der Waals surface area contributed by atoms with E-state index < -0.39 is 36.6 Å². The van der Waals surface area contributed by atoms with Gasteiger partial charge in [-0.05, 0) is 17.9 Å². The number of nitrogens with one attached hydrogen (secondary N) is 3. The highest BCUT2D eigenvalue weighted by Gasteiger charge is 2.27. The third-order valence-corrected chi connectivity index (χ3v) is 3.54. The van der Waals surface area contributed by atoms with Gasteiger partial charge in [-0.3, -0.25) is 10.1 Å². The van der Waals surface area contributed by atoms with Crippen LogP contribution >= 0.6 is 0 Å². The Labute approximate surface area is 164 Å². The van der Waals surface area contributed by atoms with Crippen LogP contribution in [0.15, 0.2) is 30.3 Å². The van der Waals surface area contributed by atoms with Gasteiger partial charge in [-0.15, -0.1) is 0 Å². The van der Waals surface area contributed by atoms with Crippen LogP contribution in [0, 0.1) is 5.92 Å². The first-order valence-corrected chi connectivity index (χ1v) is 9.05. The Kier molecular flexibility index (Phi) is 10.1. The SMILES string of the molecule is CCCNC(=O)NC(=O)COC(=O)[C@@H](NC(=O)OCc1ccccc1)C(C)C. The number of esters is 1. The molecule has 0 aliphatic carbocycles. The van der Waals surface area contributed by atoms with Gasteiger partial charge >= 0.3 is 18.1 Å². The van der Waals surface area contributed by atoms with E-state index in [1.54, 1.807) is 26.0 Å². The van der Waals surface area contributed by atoms with Crippen LogP contribution in [0.4, 0.5) is 9.59 Å². The molecule has 0 unspecified atom stereocenters. The lowest BCUT2D eigenvalue weighted by Gasteiger charge is -2.20. The minimum Gasteiger partial charge on any atom is -0.454 e. The first-order chi connectivity index (χ1) is 13.3. The molecule has 9 heteroatoms. The number of carbonyl (C=O) groups is 4. The van der Waals surface area contributed by atoms with Crippen molar-refractivity contribution in [2.45, 2.75) is 39.8 Å². The zero-order chi connectivity index (χ0) is 20.9. The Morgan fingerprint density at radius 1 is 1.04 bits per heavy atom. The van der Waals surface area contributed by atoms with Crippen molar-refractivity contribution in [3.8, 4) is 0 Å². The van der Waals surface area contributed by atoms with Crippen LogP contribution < -0.4 is 16.0 Å². The Morgan fingerprint density at radius 3 is 2.32 bits per heavy atom. The van der Waals surface area contributed by atoms with E-state index in [9.17, 15) is 19.2 Å². The highest BCUT2D eigenvalue weighted by molar-refractivity contribution is 5.95. The Balaban J connectivity index is 2.44. The van der Waals surface area contributed by atoms with Gasteiger partial charge in [0.25, 0.3) is 5.91 Å². The molecule has 0 fully saturated rings. The maximum atomic E-state index is 12.2. The molecule has 0 bridgehead atoms. The van der Waals surface area contributed by atoms with Crippen molar-refractivity contribution in [1.82, 2.24) is 16.0 Å². The van der Waals surface area contributed by atoms with Crippen molar-refractivity contribution in [2.24, 2.45) is 5.92 Å². The average Bonchev–Trinajstić information content (AvgIpc) is 2.67. The molecule has 0 aliphatic rings. The van der Waals surface area contributed by atoms with Crippen LogP contribution in [-0.2, 0) is 25.7 Å². The van der Waals surface area contributed by atoms with Gasteiger partial charge in [-0.1, -0.05) is 51.1 Å². The highest BCUT2D eigenvalue weighted by Crippen LogP contribution is 2.06. The standard InChI is InChI=1S/C19H27N3O6/c1-4-10-20-18(25)21-15(23)12-27-17(24)16(13(2)3)22-19(26)28-11-14-8-6-5-7-9-14/h5-9,13,16H,4,10-12H2,1-3H3,(H,22,26)(H2,20,21,23,25)/t16-/m0/s1. The van der Waals surface area contributed by atoms with Gasteiger partial charge in [0.15, 0.2) is 6.61 Å². The number of imide groups is 1. The van der Waals surface area contributed by atoms with Crippen molar-refractivity contribution in [1.29, 1.82) is 0 Å². The van der Waals surface area contributed by atoms with E-state index in [1.807, 2.05) is 30.4 Å². The van der Waals surface area contributed by atoms with E-state index in [0.717, 1.165) is 12.0 Å². The number of urea groups is 1. The van der Waals surface area contributed by atoms with Gasteiger partial charge < -0.3 is 20.1 Å². The molecule has 1 aromatic carbocycles. The normalized spacial score (nSPS) is 11.3. The van der Waals surface area contributed by atoms with E-state index in [1.165, 1.54) is 0 Å². The molecule has 4 amide bonds. The number of hydrogen-bond acceptors (Lipinski definition) is 6. The van der Waals surface area contributed by atoms with Crippen LogP contribution in [0.2, 0.25) is 0 Å². The maximum Gasteiger partial charge on any atom is 0.408 e. The molecule has 1 aromatic rings. The summed E-state index contributed by atoms with van der Waals surface area (Å²) >= 11 is 0. The quantitative estimate of drug-likeness (QED) is 0.549. The van der Waals surface area contributed by atoms with Gasteiger partial charge in [-0.25, -0.2) is 14.4 Å².